The smallest absolute Gasteiger partial charge is 0.336 e. The second-order valence-electron chi connectivity index (χ2n) is 8.47. The number of carboxylic acid groups (broad SMARTS) is 1. The second-order valence-corrected chi connectivity index (χ2v) is 8.47. The number of aromatic nitrogens is 1. The predicted molar refractivity (Wildman–Crippen MR) is 123 cm³/mol. The van der Waals surface area contributed by atoms with Crippen LogP contribution in [-0.2, 0) is 11.2 Å². The van der Waals surface area contributed by atoms with Gasteiger partial charge in [0.2, 0.25) is 5.91 Å². The molecule has 1 amide bonds. The van der Waals surface area contributed by atoms with Crippen LogP contribution in [0, 0.1) is 12.8 Å². The van der Waals surface area contributed by atoms with E-state index in [4.69, 9.17) is 4.98 Å². The van der Waals surface area contributed by atoms with E-state index < -0.39 is 5.97 Å². The van der Waals surface area contributed by atoms with Gasteiger partial charge in [0.1, 0.15) is 5.82 Å². The summed E-state index contributed by atoms with van der Waals surface area (Å²) in [6.07, 6.45) is 2.52. The molecule has 0 radical (unpaired) electrons. The summed E-state index contributed by atoms with van der Waals surface area (Å²) in [4.78, 5) is 31.3. The van der Waals surface area contributed by atoms with Gasteiger partial charge in [-0.1, -0.05) is 36.8 Å². The maximum atomic E-state index is 12.5. The number of carbonyl (C=O) groups is 2. The zero-order valence-electron chi connectivity index (χ0n) is 17.9. The molecule has 0 aliphatic carbocycles. The van der Waals surface area contributed by atoms with Crippen LogP contribution in [0.4, 0.5) is 11.5 Å². The highest BCUT2D eigenvalue weighted by atomic mass is 16.4. The van der Waals surface area contributed by atoms with Crippen molar-refractivity contribution >= 4 is 34.3 Å². The van der Waals surface area contributed by atoms with Gasteiger partial charge < -0.3 is 15.3 Å². The molecule has 1 aromatic heterocycles. The van der Waals surface area contributed by atoms with Gasteiger partial charge >= 0.3 is 5.97 Å². The van der Waals surface area contributed by atoms with Crippen molar-refractivity contribution in [3.63, 3.8) is 0 Å². The average molecular weight is 418 g/mol. The number of anilines is 2. The van der Waals surface area contributed by atoms with Crippen molar-refractivity contribution in [1.82, 2.24) is 4.98 Å². The number of amides is 1. The molecule has 1 aliphatic heterocycles. The van der Waals surface area contributed by atoms with Gasteiger partial charge in [0.05, 0.1) is 17.5 Å². The maximum Gasteiger partial charge on any atom is 0.336 e. The molecule has 2 aromatic carbocycles. The molecule has 1 saturated heterocycles. The Hall–Kier alpha value is -3.41. The number of pyridine rings is 1. The number of nitrogens with zero attached hydrogens (tertiary/aromatic N) is 2. The van der Waals surface area contributed by atoms with E-state index in [9.17, 15) is 14.7 Å². The molecule has 31 heavy (non-hydrogen) atoms. The lowest BCUT2D eigenvalue weighted by atomic mass is 10.00. The van der Waals surface area contributed by atoms with E-state index in [2.05, 4.69) is 17.1 Å². The summed E-state index contributed by atoms with van der Waals surface area (Å²) in [6.45, 7) is 5.97. The molecule has 4 rings (SSSR count). The number of benzene rings is 2. The third-order valence-electron chi connectivity index (χ3n) is 5.78. The molecule has 0 spiro atoms. The summed E-state index contributed by atoms with van der Waals surface area (Å²) >= 11 is 0. The topological polar surface area (TPSA) is 82.5 Å². The van der Waals surface area contributed by atoms with E-state index in [1.807, 2.05) is 31.2 Å². The zero-order valence-corrected chi connectivity index (χ0v) is 17.9. The number of fused-ring (bicyclic) bond motifs is 1. The van der Waals surface area contributed by atoms with Crippen LogP contribution in [0.3, 0.4) is 0 Å². The van der Waals surface area contributed by atoms with Crippen LogP contribution < -0.4 is 10.2 Å². The number of aromatic carboxylic acids is 1. The van der Waals surface area contributed by atoms with Crippen molar-refractivity contribution in [1.29, 1.82) is 0 Å². The SMILES string of the molecule is Cc1ccc(CC(=O)Nc2ccc3nc(N4CCC[C@H](C)C4)cc(C(=O)O)c3c2)cc1. The first-order valence-corrected chi connectivity index (χ1v) is 10.7. The molecular weight excluding hydrogens is 390 g/mol. The van der Waals surface area contributed by atoms with Crippen LogP contribution in [0.5, 0.6) is 0 Å². The van der Waals surface area contributed by atoms with E-state index >= 15 is 0 Å². The van der Waals surface area contributed by atoms with Gasteiger partial charge in [-0.2, -0.15) is 0 Å². The molecule has 6 heteroatoms. The summed E-state index contributed by atoms with van der Waals surface area (Å²) < 4.78 is 0. The van der Waals surface area contributed by atoms with Gasteiger partial charge in [-0.05, 0) is 55.5 Å². The van der Waals surface area contributed by atoms with Gasteiger partial charge in [0.15, 0.2) is 0 Å². The molecule has 0 unspecified atom stereocenters. The molecule has 160 valence electrons. The Morgan fingerprint density at radius 1 is 1.16 bits per heavy atom. The largest absolute Gasteiger partial charge is 0.478 e. The first-order chi connectivity index (χ1) is 14.9. The van der Waals surface area contributed by atoms with Gasteiger partial charge in [-0.3, -0.25) is 4.79 Å². The number of piperidine rings is 1. The Kier molecular flexibility index (Phi) is 5.89. The quantitative estimate of drug-likeness (QED) is 0.631. The highest BCUT2D eigenvalue weighted by Crippen LogP contribution is 2.28. The van der Waals surface area contributed by atoms with Crippen molar-refractivity contribution in [2.75, 3.05) is 23.3 Å². The Balaban J connectivity index is 1.59. The number of nitrogens with one attached hydrogen (secondary N) is 1. The van der Waals surface area contributed by atoms with Crippen molar-refractivity contribution in [3.05, 3.63) is 65.2 Å². The second kappa shape index (κ2) is 8.76. The summed E-state index contributed by atoms with van der Waals surface area (Å²) in [5, 5.41) is 13.2. The summed E-state index contributed by atoms with van der Waals surface area (Å²) in [7, 11) is 0. The molecule has 0 bridgehead atoms. The predicted octanol–water partition coefficient (Wildman–Crippen LogP) is 4.66. The van der Waals surface area contributed by atoms with Crippen LogP contribution >= 0.6 is 0 Å². The number of carbonyl (C=O) groups excluding carboxylic acids is 1. The van der Waals surface area contributed by atoms with Crippen LogP contribution in [0.1, 0.15) is 41.3 Å². The van der Waals surface area contributed by atoms with Crippen molar-refractivity contribution in [3.8, 4) is 0 Å². The van der Waals surface area contributed by atoms with Crippen molar-refractivity contribution < 1.29 is 14.7 Å². The molecule has 1 fully saturated rings. The van der Waals surface area contributed by atoms with Gasteiger partial charge in [0, 0.05) is 24.2 Å². The lowest BCUT2D eigenvalue weighted by Gasteiger charge is -2.32. The number of carboxylic acids is 1. The third kappa shape index (κ3) is 4.85. The highest BCUT2D eigenvalue weighted by molar-refractivity contribution is 6.05. The molecular formula is C25H27N3O3. The minimum Gasteiger partial charge on any atom is -0.478 e. The first kappa shape index (κ1) is 20.8. The maximum absolute atomic E-state index is 12.5. The van der Waals surface area contributed by atoms with Crippen molar-refractivity contribution in [2.24, 2.45) is 5.92 Å². The standard InChI is InChI=1S/C25H27N3O3/c1-16-5-7-18(8-6-16)12-24(29)26-19-9-10-22-20(13-19)21(25(30)31)14-23(27-22)28-11-3-4-17(2)15-28/h5-10,13-14,17H,3-4,11-12,15H2,1-2H3,(H,26,29)(H,30,31)/t17-/m0/s1. The van der Waals surface area contributed by atoms with Gasteiger partial charge in [-0.25, -0.2) is 9.78 Å². The molecule has 0 saturated carbocycles. The molecule has 1 atom stereocenters. The van der Waals surface area contributed by atoms with Gasteiger partial charge in [-0.15, -0.1) is 0 Å². The molecule has 3 aromatic rings. The normalized spacial score (nSPS) is 16.3. The van der Waals surface area contributed by atoms with E-state index in [1.54, 1.807) is 24.3 Å². The highest BCUT2D eigenvalue weighted by Gasteiger charge is 2.21. The Labute approximate surface area is 181 Å². The summed E-state index contributed by atoms with van der Waals surface area (Å²) in [5.74, 6) is 0.118. The average Bonchev–Trinajstić information content (AvgIpc) is 2.74. The molecule has 2 heterocycles. The fraction of sp³-hybridized carbons (Fsp3) is 0.320. The Morgan fingerprint density at radius 3 is 2.65 bits per heavy atom. The number of hydrogen-bond acceptors (Lipinski definition) is 4. The van der Waals surface area contributed by atoms with E-state index in [-0.39, 0.29) is 17.9 Å². The summed E-state index contributed by atoms with van der Waals surface area (Å²) in [6, 6.07) is 14.7. The van der Waals surface area contributed by atoms with Crippen molar-refractivity contribution in [2.45, 2.75) is 33.1 Å². The van der Waals surface area contributed by atoms with Gasteiger partial charge in [0.25, 0.3) is 0 Å². The van der Waals surface area contributed by atoms with Crippen LogP contribution in [-0.4, -0.2) is 35.1 Å². The zero-order chi connectivity index (χ0) is 22.0. The fourth-order valence-electron chi connectivity index (χ4n) is 4.12. The minimum absolute atomic E-state index is 0.146. The van der Waals surface area contributed by atoms with Crippen LogP contribution in [0.25, 0.3) is 10.9 Å². The first-order valence-electron chi connectivity index (χ1n) is 10.7. The van der Waals surface area contributed by atoms with Crippen LogP contribution in [0.15, 0.2) is 48.5 Å². The third-order valence-corrected chi connectivity index (χ3v) is 5.78. The monoisotopic (exact) mass is 417 g/mol. The summed E-state index contributed by atoms with van der Waals surface area (Å²) in [5.41, 5.74) is 3.45. The van der Waals surface area contributed by atoms with Crippen LogP contribution in [0.2, 0.25) is 0 Å². The minimum atomic E-state index is -0.998. The molecule has 1 aliphatic rings. The fourth-order valence-corrected chi connectivity index (χ4v) is 4.12. The Morgan fingerprint density at radius 2 is 1.94 bits per heavy atom. The molecule has 6 nitrogen and oxygen atoms in total. The number of aryl methyl sites for hydroxylation is 1. The van der Waals surface area contributed by atoms with E-state index in [0.29, 0.717) is 28.3 Å². The lowest BCUT2D eigenvalue weighted by molar-refractivity contribution is -0.115. The lowest BCUT2D eigenvalue weighted by Crippen LogP contribution is -2.35. The molecule has 2 N–H and O–H groups in total. The van der Waals surface area contributed by atoms with E-state index in [0.717, 1.165) is 30.6 Å². The number of rotatable bonds is 5. The van der Waals surface area contributed by atoms with E-state index in [1.165, 1.54) is 6.42 Å². The number of hydrogen-bond donors (Lipinski definition) is 2. The Bertz CT molecular complexity index is 1120.